The van der Waals surface area contributed by atoms with Crippen LogP contribution in [0.1, 0.15) is 24.2 Å². The first kappa shape index (κ1) is 15.9. The van der Waals surface area contributed by atoms with Crippen molar-refractivity contribution >= 4 is 11.6 Å². The molecule has 1 aromatic carbocycles. The van der Waals surface area contributed by atoms with Crippen LogP contribution in [0.15, 0.2) is 30.5 Å². The van der Waals surface area contributed by atoms with E-state index in [0.717, 1.165) is 5.69 Å². The molecule has 0 radical (unpaired) electrons. The van der Waals surface area contributed by atoms with Gasteiger partial charge in [0.1, 0.15) is 5.82 Å². The molecular formula is C15H19ClFN3O. The number of nitrogens with zero attached hydrogens (tertiary/aromatic N) is 2. The molecule has 0 saturated heterocycles. The SMILES string of the molecule is CCNC(c1ccccc1F)c1c(Cl)cnn1CCOC. The second kappa shape index (κ2) is 7.54. The Hall–Kier alpha value is -1.43. The van der Waals surface area contributed by atoms with Crippen molar-refractivity contribution in [3.8, 4) is 0 Å². The summed E-state index contributed by atoms with van der Waals surface area (Å²) in [5.74, 6) is -0.265. The van der Waals surface area contributed by atoms with Crippen molar-refractivity contribution < 1.29 is 9.13 Å². The minimum Gasteiger partial charge on any atom is -0.383 e. The molecule has 1 N–H and O–H groups in total. The fourth-order valence-electron chi connectivity index (χ4n) is 2.28. The van der Waals surface area contributed by atoms with Crippen LogP contribution in [0, 0.1) is 5.82 Å². The third kappa shape index (κ3) is 3.61. The van der Waals surface area contributed by atoms with Gasteiger partial charge in [0.2, 0.25) is 0 Å². The third-order valence-corrected chi connectivity index (χ3v) is 3.53. The van der Waals surface area contributed by atoms with Crippen LogP contribution >= 0.6 is 11.6 Å². The first-order valence-corrected chi connectivity index (χ1v) is 7.24. The predicted octanol–water partition coefficient (Wildman–Crippen LogP) is 3.02. The quantitative estimate of drug-likeness (QED) is 0.854. The number of hydrogen-bond donors (Lipinski definition) is 1. The Morgan fingerprint density at radius 1 is 1.43 bits per heavy atom. The number of halogens is 2. The van der Waals surface area contributed by atoms with E-state index in [1.807, 2.05) is 13.0 Å². The Morgan fingerprint density at radius 3 is 2.86 bits per heavy atom. The lowest BCUT2D eigenvalue weighted by molar-refractivity contribution is 0.182. The summed E-state index contributed by atoms with van der Waals surface area (Å²) >= 11 is 6.27. The number of rotatable bonds is 7. The molecule has 1 aromatic heterocycles. The highest BCUT2D eigenvalue weighted by molar-refractivity contribution is 6.31. The standard InChI is InChI=1S/C15H19ClFN3O/c1-3-18-14(11-6-4-5-7-13(11)17)15-12(16)10-19-20(15)8-9-21-2/h4-7,10,14,18H,3,8-9H2,1-2H3. The molecule has 0 bridgehead atoms. The normalized spacial score (nSPS) is 12.6. The smallest absolute Gasteiger partial charge is 0.128 e. The summed E-state index contributed by atoms with van der Waals surface area (Å²) in [6.45, 7) is 3.73. The lowest BCUT2D eigenvalue weighted by Gasteiger charge is -2.21. The van der Waals surface area contributed by atoms with E-state index in [-0.39, 0.29) is 11.9 Å². The van der Waals surface area contributed by atoms with Gasteiger partial charge in [0.05, 0.1) is 36.1 Å². The lowest BCUT2D eigenvalue weighted by Crippen LogP contribution is -2.26. The van der Waals surface area contributed by atoms with Crippen LogP contribution in [0.25, 0.3) is 0 Å². The lowest BCUT2D eigenvalue weighted by atomic mass is 10.0. The third-order valence-electron chi connectivity index (χ3n) is 3.24. The van der Waals surface area contributed by atoms with E-state index >= 15 is 0 Å². The zero-order valence-corrected chi connectivity index (χ0v) is 12.9. The largest absolute Gasteiger partial charge is 0.383 e. The second-order valence-electron chi connectivity index (χ2n) is 4.61. The molecule has 1 heterocycles. The van der Waals surface area contributed by atoms with Gasteiger partial charge >= 0.3 is 0 Å². The number of hydrogen-bond acceptors (Lipinski definition) is 3. The molecule has 4 nitrogen and oxygen atoms in total. The fraction of sp³-hybridized carbons (Fsp3) is 0.400. The van der Waals surface area contributed by atoms with Gasteiger partial charge in [-0.1, -0.05) is 36.7 Å². The van der Waals surface area contributed by atoms with Crippen LogP contribution in [0.5, 0.6) is 0 Å². The Morgan fingerprint density at radius 2 is 2.19 bits per heavy atom. The van der Waals surface area contributed by atoms with Gasteiger partial charge in [-0.25, -0.2) is 4.39 Å². The van der Waals surface area contributed by atoms with Gasteiger partial charge in [-0.05, 0) is 12.6 Å². The fourth-order valence-corrected chi connectivity index (χ4v) is 2.53. The first-order valence-electron chi connectivity index (χ1n) is 6.87. The van der Waals surface area contributed by atoms with Gasteiger partial charge in [0, 0.05) is 12.7 Å². The molecule has 0 aliphatic rings. The van der Waals surface area contributed by atoms with Crippen LogP contribution in [0.4, 0.5) is 4.39 Å². The molecular weight excluding hydrogens is 293 g/mol. The number of ether oxygens (including phenoxy) is 1. The average molecular weight is 312 g/mol. The Bertz CT molecular complexity index is 588. The Labute approximate surface area is 128 Å². The maximum absolute atomic E-state index is 14.1. The highest BCUT2D eigenvalue weighted by Crippen LogP contribution is 2.29. The van der Waals surface area contributed by atoms with Gasteiger partial charge in [-0.2, -0.15) is 5.10 Å². The summed E-state index contributed by atoms with van der Waals surface area (Å²) in [5.41, 5.74) is 1.31. The predicted molar refractivity (Wildman–Crippen MR) is 81.0 cm³/mol. The molecule has 2 aromatic rings. The zero-order valence-electron chi connectivity index (χ0n) is 12.1. The van der Waals surface area contributed by atoms with Gasteiger partial charge in [-0.15, -0.1) is 0 Å². The van der Waals surface area contributed by atoms with Gasteiger partial charge < -0.3 is 10.1 Å². The van der Waals surface area contributed by atoms with Gasteiger partial charge in [0.15, 0.2) is 0 Å². The number of benzene rings is 1. The molecule has 0 saturated carbocycles. The summed E-state index contributed by atoms with van der Waals surface area (Å²) in [6.07, 6.45) is 1.58. The first-order chi connectivity index (χ1) is 10.2. The van der Waals surface area contributed by atoms with Crippen molar-refractivity contribution in [2.24, 2.45) is 0 Å². The van der Waals surface area contributed by atoms with Crippen molar-refractivity contribution in [3.63, 3.8) is 0 Å². The molecule has 1 unspecified atom stereocenters. The molecule has 114 valence electrons. The topological polar surface area (TPSA) is 39.1 Å². The molecule has 0 aliphatic heterocycles. The van der Waals surface area contributed by atoms with E-state index in [9.17, 15) is 4.39 Å². The van der Waals surface area contributed by atoms with Crippen LogP contribution < -0.4 is 5.32 Å². The average Bonchev–Trinajstić information content (AvgIpc) is 2.84. The van der Waals surface area contributed by atoms with Crippen molar-refractivity contribution in [1.82, 2.24) is 15.1 Å². The van der Waals surface area contributed by atoms with E-state index in [0.29, 0.717) is 30.3 Å². The highest BCUT2D eigenvalue weighted by Gasteiger charge is 2.23. The van der Waals surface area contributed by atoms with E-state index < -0.39 is 0 Å². The molecule has 0 fully saturated rings. The van der Waals surface area contributed by atoms with Gasteiger partial charge in [0.25, 0.3) is 0 Å². The molecule has 0 spiro atoms. The van der Waals surface area contributed by atoms with E-state index in [1.165, 1.54) is 6.07 Å². The molecule has 0 aliphatic carbocycles. The van der Waals surface area contributed by atoms with Crippen LogP contribution in [0.3, 0.4) is 0 Å². The van der Waals surface area contributed by atoms with E-state index in [4.69, 9.17) is 16.3 Å². The Balaban J connectivity index is 2.43. The van der Waals surface area contributed by atoms with E-state index in [2.05, 4.69) is 10.4 Å². The van der Waals surface area contributed by atoms with Crippen LogP contribution in [-0.4, -0.2) is 30.0 Å². The van der Waals surface area contributed by atoms with Crippen molar-refractivity contribution in [2.75, 3.05) is 20.3 Å². The molecule has 2 rings (SSSR count). The Kier molecular flexibility index (Phi) is 5.73. The van der Waals surface area contributed by atoms with Crippen molar-refractivity contribution in [2.45, 2.75) is 19.5 Å². The maximum atomic E-state index is 14.1. The summed E-state index contributed by atoms with van der Waals surface area (Å²) in [7, 11) is 1.63. The number of nitrogens with one attached hydrogen (secondary N) is 1. The molecule has 6 heteroatoms. The molecule has 0 amide bonds. The molecule has 21 heavy (non-hydrogen) atoms. The second-order valence-corrected chi connectivity index (χ2v) is 5.01. The van der Waals surface area contributed by atoms with Crippen LogP contribution in [0.2, 0.25) is 5.02 Å². The molecule has 1 atom stereocenters. The zero-order chi connectivity index (χ0) is 15.2. The number of aromatic nitrogens is 2. The summed E-state index contributed by atoms with van der Waals surface area (Å²) in [6, 6.07) is 6.34. The number of methoxy groups -OCH3 is 1. The van der Waals surface area contributed by atoms with Crippen molar-refractivity contribution in [1.29, 1.82) is 0 Å². The van der Waals surface area contributed by atoms with Crippen LogP contribution in [-0.2, 0) is 11.3 Å². The maximum Gasteiger partial charge on any atom is 0.128 e. The monoisotopic (exact) mass is 311 g/mol. The summed E-state index contributed by atoms with van der Waals surface area (Å²) in [4.78, 5) is 0. The van der Waals surface area contributed by atoms with Gasteiger partial charge in [-0.3, -0.25) is 4.68 Å². The summed E-state index contributed by atoms with van der Waals surface area (Å²) < 4.78 is 21.0. The summed E-state index contributed by atoms with van der Waals surface area (Å²) in [5, 5.41) is 8.04. The minimum atomic E-state index is -0.344. The highest BCUT2D eigenvalue weighted by atomic mass is 35.5. The minimum absolute atomic E-state index is 0.265. The van der Waals surface area contributed by atoms with Crippen molar-refractivity contribution in [3.05, 3.63) is 52.6 Å². The van der Waals surface area contributed by atoms with E-state index in [1.54, 1.807) is 30.1 Å².